The summed E-state index contributed by atoms with van der Waals surface area (Å²) in [6, 6.07) is 15.9. The van der Waals surface area contributed by atoms with Crippen molar-refractivity contribution < 1.29 is 50.1 Å². The highest BCUT2D eigenvalue weighted by Crippen LogP contribution is 2.58. The smallest absolute Gasteiger partial charge is 0.416 e. The van der Waals surface area contributed by atoms with Gasteiger partial charge in [0.2, 0.25) is 0 Å². The molecule has 51 heavy (non-hydrogen) atoms. The fourth-order valence-electron chi connectivity index (χ4n) is 7.02. The molecule has 3 heterocycles. The van der Waals surface area contributed by atoms with E-state index >= 15 is 0 Å². The Kier molecular flexibility index (Phi) is 8.43. The number of pyridine rings is 1. The number of carbonyl (C=O) groups is 1. The Morgan fingerprint density at radius 1 is 0.902 bits per heavy atom. The third-order valence-electron chi connectivity index (χ3n) is 9.84. The minimum Gasteiger partial charge on any atom is -0.496 e. The van der Waals surface area contributed by atoms with E-state index in [2.05, 4.69) is 0 Å². The Morgan fingerprint density at radius 3 is 2.14 bits per heavy atom. The number of nitrogens with zero attached hydrogens (tertiary/aromatic N) is 3. The van der Waals surface area contributed by atoms with Gasteiger partial charge in [0.15, 0.2) is 6.10 Å². The number of alkyl halides is 7. The van der Waals surface area contributed by atoms with Crippen LogP contribution in [0.25, 0.3) is 22.3 Å². The summed E-state index contributed by atoms with van der Waals surface area (Å²) in [4.78, 5) is 21.4. The van der Waals surface area contributed by atoms with Crippen molar-refractivity contribution >= 4 is 11.9 Å². The number of hydrogen-bond donors (Lipinski definition) is 1. The van der Waals surface area contributed by atoms with Crippen LogP contribution in [0, 0.1) is 6.92 Å². The van der Waals surface area contributed by atoms with Crippen LogP contribution in [0.1, 0.15) is 52.5 Å². The second kappa shape index (κ2) is 12.4. The number of cyclic esters (lactones) is 1. The fourth-order valence-corrected chi connectivity index (χ4v) is 7.02. The van der Waals surface area contributed by atoms with Gasteiger partial charge in [-0.25, -0.2) is 14.2 Å². The van der Waals surface area contributed by atoms with Crippen molar-refractivity contribution in [1.29, 1.82) is 0 Å². The Morgan fingerprint density at radius 2 is 1.57 bits per heavy atom. The number of aliphatic hydroxyl groups excluding tert-OH is 1. The van der Waals surface area contributed by atoms with E-state index in [0.29, 0.717) is 40.5 Å². The van der Waals surface area contributed by atoms with Gasteiger partial charge in [-0.15, -0.1) is 0 Å². The molecule has 1 aliphatic carbocycles. The quantitative estimate of drug-likeness (QED) is 0.184. The summed E-state index contributed by atoms with van der Waals surface area (Å²) in [7, 11) is 1.49. The summed E-state index contributed by atoms with van der Waals surface area (Å²) in [6.45, 7) is 1.83. The summed E-state index contributed by atoms with van der Waals surface area (Å²) >= 11 is 0. The standard InChI is InChI=1S/C37H32F7N3O4/c1-20-11-21(19-48)3-5-27(20)22-4-7-31(50-2)29(14-22)28-6-8-32(46-16-26(38)17-46)45-30(28)18-47-34(49)51-33(35(47)9-10-35)23-12-24(36(39,40)41)15-25(13-23)37(42,43)44/h3-8,11-15,26,33,48H,9-10,16-19H2,1-2H3/t33-/m1/s1. The first kappa shape index (κ1) is 34.6. The molecule has 1 saturated carbocycles. The first-order valence-electron chi connectivity index (χ1n) is 16.2. The predicted octanol–water partition coefficient (Wildman–Crippen LogP) is 8.65. The number of methoxy groups -OCH3 is 1. The molecular formula is C37H32F7N3O4. The molecule has 1 aromatic heterocycles. The molecule has 14 heteroatoms. The number of aryl methyl sites for hydroxylation is 1. The maximum absolute atomic E-state index is 13.9. The number of aliphatic hydroxyl groups is 1. The highest BCUT2D eigenvalue weighted by atomic mass is 19.4. The summed E-state index contributed by atoms with van der Waals surface area (Å²) in [6.07, 6.45) is -12.9. The molecule has 3 aliphatic rings. The molecule has 1 N–H and O–H groups in total. The third-order valence-corrected chi connectivity index (χ3v) is 9.84. The van der Waals surface area contributed by atoms with E-state index in [1.807, 2.05) is 37.3 Å². The molecule has 268 valence electrons. The lowest BCUT2D eigenvalue weighted by Crippen LogP contribution is -2.49. The number of benzene rings is 3. The normalized spacial score (nSPS) is 18.6. The number of carbonyl (C=O) groups excluding carboxylic acids is 1. The van der Waals surface area contributed by atoms with E-state index in [-0.39, 0.29) is 45.1 Å². The minimum atomic E-state index is -5.07. The summed E-state index contributed by atoms with van der Waals surface area (Å²) in [5, 5.41) is 9.58. The second-order valence-electron chi connectivity index (χ2n) is 13.2. The largest absolute Gasteiger partial charge is 0.496 e. The minimum absolute atomic E-state index is 0.0427. The topological polar surface area (TPSA) is 75.1 Å². The number of ether oxygens (including phenoxy) is 2. The van der Waals surface area contributed by atoms with Gasteiger partial charge in [0.1, 0.15) is 17.7 Å². The number of hydrogen-bond acceptors (Lipinski definition) is 6. The Balaban J connectivity index is 1.30. The molecule has 2 saturated heterocycles. The maximum Gasteiger partial charge on any atom is 0.416 e. The van der Waals surface area contributed by atoms with E-state index in [9.17, 15) is 40.6 Å². The molecule has 7 nitrogen and oxygen atoms in total. The lowest BCUT2D eigenvalue weighted by molar-refractivity contribution is -0.143. The van der Waals surface area contributed by atoms with E-state index in [4.69, 9.17) is 14.5 Å². The fraction of sp³-hybridized carbons (Fsp3) is 0.351. The van der Waals surface area contributed by atoms with Crippen LogP contribution in [0.2, 0.25) is 0 Å². The van der Waals surface area contributed by atoms with Crippen LogP contribution in [0.15, 0.2) is 66.7 Å². The SMILES string of the molecule is COc1ccc(-c2ccc(CO)cc2C)cc1-c1ccc(N2CC(F)C2)nc1CN1C(=O)O[C@H](c2cc(C(F)(F)F)cc(C(F)(F)F)c2)C12CC2. The molecule has 3 fully saturated rings. The van der Waals surface area contributed by atoms with Crippen molar-refractivity contribution in [3.63, 3.8) is 0 Å². The molecule has 1 amide bonds. The molecule has 1 atom stereocenters. The molecule has 1 spiro atoms. The zero-order chi connectivity index (χ0) is 36.5. The second-order valence-corrected chi connectivity index (χ2v) is 13.2. The average Bonchev–Trinajstić information content (AvgIpc) is 3.83. The van der Waals surface area contributed by atoms with Gasteiger partial charge in [-0.1, -0.05) is 24.3 Å². The summed E-state index contributed by atoms with van der Waals surface area (Å²) in [5.74, 6) is 0.911. The van der Waals surface area contributed by atoms with Crippen LogP contribution in [0.4, 0.5) is 41.3 Å². The van der Waals surface area contributed by atoms with Crippen LogP contribution in [-0.2, 0) is 30.2 Å². The van der Waals surface area contributed by atoms with Crippen LogP contribution in [0.3, 0.4) is 0 Å². The summed E-state index contributed by atoms with van der Waals surface area (Å²) < 4.78 is 108. The highest BCUT2D eigenvalue weighted by molar-refractivity contribution is 5.81. The zero-order valence-corrected chi connectivity index (χ0v) is 27.4. The van der Waals surface area contributed by atoms with Crippen LogP contribution >= 0.6 is 0 Å². The molecular weight excluding hydrogens is 683 g/mol. The Hall–Kier alpha value is -4.85. The maximum atomic E-state index is 13.9. The van der Waals surface area contributed by atoms with Crippen molar-refractivity contribution in [3.8, 4) is 28.0 Å². The predicted molar refractivity (Wildman–Crippen MR) is 173 cm³/mol. The summed E-state index contributed by atoms with van der Waals surface area (Å²) in [5.41, 5.74) is 0.249. The Labute approximate surface area is 288 Å². The monoisotopic (exact) mass is 715 g/mol. The first-order chi connectivity index (χ1) is 24.1. The average molecular weight is 716 g/mol. The third kappa shape index (κ3) is 6.34. The number of halogens is 7. The van der Waals surface area contributed by atoms with Crippen molar-refractivity contribution in [2.75, 3.05) is 25.1 Å². The van der Waals surface area contributed by atoms with Crippen molar-refractivity contribution in [2.45, 2.75) is 63.1 Å². The number of amides is 1. The molecule has 7 rings (SSSR count). The van der Waals surface area contributed by atoms with Crippen molar-refractivity contribution in [3.05, 3.63) is 100 Å². The van der Waals surface area contributed by atoms with Gasteiger partial charge in [-0.05, 0) is 90.0 Å². The van der Waals surface area contributed by atoms with Crippen molar-refractivity contribution in [1.82, 2.24) is 9.88 Å². The van der Waals surface area contributed by atoms with E-state index in [1.54, 1.807) is 23.1 Å². The van der Waals surface area contributed by atoms with Gasteiger partial charge >= 0.3 is 18.4 Å². The molecule has 4 aromatic rings. The van der Waals surface area contributed by atoms with Gasteiger partial charge < -0.3 is 19.5 Å². The zero-order valence-electron chi connectivity index (χ0n) is 27.4. The van der Waals surface area contributed by atoms with Gasteiger partial charge in [-0.3, -0.25) is 4.90 Å². The highest BCUT2D eigenvalue weighted by Gasteiger charge is 2.63. The Bertz CT molecular complexity index is 1970. The van der Waals surface area contributed by atoms with E-state index in [0.717, 1.165) is 22.3 Å². The van der Waals surface area contributed by atoms with E-state index in [1.165, 1.54) is 12.0 Å². The molecule has 0 unspecified atom stereocenters. The van der Waals surface area contributed by atoms with Gasteiger partial charge in [-0.2, -0.15) is 26.3 Å². The number of rotatable bonds is 8. The van der Waals surface area contributed by atoms with Crippen LogP contribution in [0.5, 0.6) is 5.75 Å². The molecule has 0 radical (unpaired) electrons. The van der Waals surface area contributed by atoms with Crippen LogP contribution < -0.4 is 9.64 Å². The first-order valence-corrected chi connectivity index (χ1v) is 16.2. The van der Waals surface area contributed by atoms with Gasteiger partial charge in [0.05, 0.1) is 55.7 Å². The number of anilines is 1. The van der Waals surface area contributed by atoms with Crippen molar-refractivity contribution in [2.24, 2.45) is 0 Å². The molecule has 2 aliphatic heterocycles. The lowest BCUT2D eigenvalue weighted by atomic mass is 9.93. The van der Waals surface area contributed by atoms with E-state index < -0.39 is 53.0 Å². The van der Waals surface area contributed by atoms with Gasteiger partial charge in [0.25, 0.3) is 0 Å². The van der Waals surface area contributed by atoms with Crippen LogP contribution in [-0.4, -0.2) is 53.0 Å². The molecule has 0 bridgehead atoms. The number of aromatic nitrogens is 1. The lowest BCUT2D eigenvalue weighted by Gasteiger charge is -2.36. The molecule has 3 aromatic carbocycles. The van der Waals surface area contributed by atoms with Gasteiger partial charge in [0, 0.05) is 11.1 Å².